The second-order valence-corrected chi connectivity index (χ2v) is 19.5. The van der Waals surface area contributed by atoms with Crippen molar-refractivity contribution < 1.29 is 20.1 Å². The van der Waals surface area contributed by atoms with Gasteiger partial charge in [-0.1, -0.05) is 282 Å². The van der Waals surface area contributed by atoms with Crippen LogP contribution < -0.4 is 5.32 Å². The Morgan fingerprint density at radius 3 is 1.02 bits per heavy atom. The van der Waals surface area contributed by atoms with Gasteiger partial charge in [0.15, 0.2) is 0 Å². The molecule has 368 valence electrons. The standard InChI is InChI=1S/C57H111NO4/c1-3-5-7-9-11-13-15-17-19-21-23-24-25-26-27-28-29-30-31-32-34-36-38-40-42-44-46-48-50-52-56(61)58-54(53-59)57(62)55(60)51-49-47-45-43-41-39-37-35-33-22-20-18-16-14-12-10-8-6-4-2/h23-24,26-27,54-55,57,59-60,62H,3-22,25,28-53H2,1-2H3,(H,58,61)/b24-23-,27-26-. The van der Waals surface area contributed by atoms with Gasteiger partial charge in [0, 0.05) is 6.42 Å². The molecule has 0 aromatic carbocycles. The summed E-state index contributed by atoms with van der Waals surface area (Å²) in [4.78, 5) is 12.5. The van der Waals surface area contributed by atoms with E-state index in [1.165, 1.54) is 238 Å². The summed E-state index contributed by atoms with van der Waals surface area (Å²) in [7, 11) is 0. The van der Waals surface area contributed by atoms with Gasteiger partial charge in [0.1, 0.15) is 6.10 Å². The first-order chi connectivity index (χ1) is 30.6. The van der Waals surface area contributed by atoms with E-state index >= 15 is 0 Å². The normalized spacial score (nSPS) is 13.4. The Hall–Kier alpha value is -1.17. The van der Waals surface area contributed by atoms with Gasteiger partial charge < -0.3 is 20.6 Å². The molecule has 0 heterocycles. The third-order valence-electron chi connectivity index (χ3n) is 13.3. The lowest BCUT2D eigenvalue weighted by Crippen LogP contribution is -2.50. The fourth-order valence-electron chi connectivity index (χ4n) is 8.96. The molecule has 0 radical (unpaired) electrons. The molecule has 0 aliphatic rings. The van der Waals surface area contributed by atoms with Crippen molar-refractivity contribution in [3.8, 4) is 0 Å². The lowest BCUT2D eigenvalue weighted by molar-refractivity contribution is -0.124. The summed E-state index contributed by atoms with van der Waals surface area (Å²) in [5.74, 6) is -0.141. The first kappa shape index (κ1) is 60.8. The van der Waals surface area contributed by atoms with Gasteiger partial charge in [-0.15, -0.1) is 0 Å². The summed E-state index contributed by atoms with van der Waals surface area (Å²) >= 11 is 0. The van der Waals surface area contributed by atoms with Gasteiger partial charge in [-0.2, -0.15) is 0 Å². The summed E-state index contributed by atoms with van der Waals surface area (Å²) in [5.41, 5.74) is 0. The molecule has 0 fully saturated rings. The molecule has 0 saturated carbocycles. The van der Waals surface area contributed by atoms with Crippen LogP contribution in [0.4, 0.5) is 0 Å². The molecular weight excluding hydrogens is 763 g/mol. The van der Waals surface area contributed by atoms with Crippen molar-refractivity contribution in [1.29, 1.82) is 0 Å². The molecule has 1 amide bonds. The summed E-state index contributed by atoms with van der Waals surface area (Å²) in [6.07, 6.45) is 66.1. The molecule has 0 aliphatic heterocycles. The number of carbonyl (C=O) groups is 1. The van der Waals surface area contributed by atoms with Crippen LogP contribution in [0.1, 0.15) is 309 Å². The third-order valence-corrected chi connectivity index (χ3v) is 13.3. The van der Waals surface area contributed by atoms with Crippen LogP contribution in [0.25, 0.3) is 0 Å². The van der Waals surface area contributed by atoms with Gasteiger partial charge in [0.2, 0.25) is 5.91 Å². The van der Waals surface area contributed by atoms with E-state index in [-0.39, 0.29) is 12.5 Å². The van der Waals surface area contributed by atoms with E-state index in [0.29, 0.717) is 12.8 Å². The van der Waals surface area contributed by atoms with E-state index in [1.807, 2.05) is 0 Å². The van der Waals surface area contributed by atoms with E-state index in [2.05, 4.69) is 43.5 Å². The molecule has 0 saturated heterocycles. The maximum Gasteiger partial charge on any atom is 0.220 e. The summed E-state index contributed by atoms with van der Waals surface area (Å²) < 4.78 is 0. The molecule has 5 nitrogen and oxygen atoms in total. The van der Waals surface area contributed by atoms with Crippen molar-refractivity contribution in [2.75, 3.05) is 6.61 Å². The molecule has 0 bridgehead atoms. The topological polar surface area (TPSA) is 89.8 Å². The number of amides is 1. The van der Waals surface area contributed by atoms with Crippen molar-refractivity contribution in [2.24, 2.45) is 0 Å². The molecule has 62 heavy (non-hydrogen) atoms. The van der Waals surface area contributed by atoms with Gasteiger partial charge in [0.25, 0.3) is 0 Å². The Labute approximate surface area is 388 Å². The van der Waals surface area contributed by atoms with Crippen molar-refractivity contribution in [3.63, 3.8) is 0 Å². The third kappa shape index (κ3) is 46.8. The average molecular weight is 875 g/mol. The van der Waals surface area contributed by atoms with Gasteiger partial charge >= 0.3 is 0 Å². The van der Waals surface area contributed by atoms with Crippen molar-refractivity contribution >= 4 is 5.91 Å². The lowest BCUT2D eigenvalue weighted by atomic mass is 9.99. The van der Waals surface area contributed by atoms with Gasteiger partial charge in [-0.3, -0.25) is 4.79 Å². The Kier molecular flexibility index (Phi) is 51.5. The van der Waals surface area contributed by atoms with Crippen LogP contribution in [0.3, 0.4) is 0 Å². The molecule has 4 N–H and O–H groups in total. The van der Waals surface area contributed by atoms with Crippen LogP contribution >= 0.6 is 0 Å². The van der Waals surface area contributed by atoms with Crippen LogP contribution in [0.15, 0.2) is 24.3 Å². The maximum atomic E-state index is 12.5. The highest BCUT2D eigenvalue weighted by molar-refractivity contribution is 5.76. The monoisotopic (exact) mass is 874 g/mol. The zero-order valence-corrected chi connectivity index (χ0v) is 42.0. The first-order valence-electron chi connectivity index (χ1n) is 28.1. The van der Waals surface area contributed by atoms with E-state index < -0.39 is 18.2 Å². The van der Waals surface area contributed by atoms with Crippen LogP contribution in [-0.4, -0.2) is 46.1 Å². The minimum absolute atomic E-state index is 0.141. The molecule has 0 aliphatic carbocycles. The first-order valence-corrected chi connectivity index (χ1v) is 28.1. The molecule has 0 spiro atoms. The average Bonchev–Trinajstić information content (AvgIpc) is 3.28. The van der Waals surface area contributed by atoms with Crippen molar-refractivity contribution in [2.45, 2.75) is 327 Å². The number of hydrogen-bond donors (Lipinski definition) is 4. The fourth-order valence-corrected chi connectivity index (χ4v) is 8.96. The molecule has 0 aromatic rings. The Balaban J connectivity index is 3.53. The van der Waals surface area contributed by atoms with Crippen LogP contribution in [-0.2, 0) is 4.79 Å². The van der Waals surface area contributed by atoms with Gasteiger partial charge in [-0.25, -0.2) is 0 Å². The Morgan fingerprint density at radius 2 is 0.694 bits per heavy atom. The van der Waals surface area contributed by atoms with E-state index in [0.717, 1.165) is 44.9 Å². The van der Waals surface area contributed by atoms with Crippen LogP contribution in [0.2, 0.25) is 0 Å². The largest absolute Gasteiger partial charge is 0.394 e. The van der Waals surface area contributed by atoms with E-state index in [1.54, 1.807) is 0 Å². The minimum atomic E-state index is -1.14. The fraction of sp³-hybridized carbons (Fsp3) is 0.912. The number of aliphatic hydroxyl groups is 3. The van der Waals surface area contributed by atoms with Crippen molar-refractivity contribution in [1.82, 2.24) is 5.32 Å². The number of rotatable bonds is 52. The molecule has 3 atom stereocenters. The lowest BCUT2D eigenvalue weighted by Gasteiger charge is -2.26. The quantitative estimate of drug-likeness (QED) is 0.0362. The SMILES string of the molecule is CCCCCCCCCCC/C=C\C/C=C\CCCCCCCCCCCCCCCC(=O)NC(CO)C(O)C(O)CCCCCCCCCCCCCCCCCCCCC. The number of hydrogen-bond acceptors (Lipinski definition) is 4. The van der Waals surface area contributed by atoms with Crippen LogP contribution in [0, 0.1) is 0 Å². The highest BCUT2D eigenvalue weighted by Crippen LogP contribution is 2.18. The summed E-state index contributed by atoms with van der Waals surface area (Å²) in [5, 5.41) is 33.8. The molecular formula is C57H111NO4. The highest BCUT2D eigenvalue weighted by atomic mass is 16.3. The van der Waals surface area contributed by atoms with Crippen molar-refractivity contribution in [3.05, 3.63) is 24.3 Å². The number of allylic oxidation sites excluding steroid dienone is 4. The number of carbonyl (C=O) groups excluding carboxylic acids is 1. The molecule has 0 rings (SSSR count). The number of nitrogens with one attached hydrogen (secondary N) is 1. The molecule has 0 aromatic heterocycles. The van der Waals surface area contributed by atoms with E-state index in [9.17, 15) is 20.1 Å². The predicted molar refractivity (Wildman–Crippen MR) is 273 cm³/mol. The van der Waals surface area contributed by atoms with Crippen LogP contribution in [0.5, 0.6) is 0 Å². The molecule has 5 heteroatoms. The zero-order chi connectivity index (χ0) is 45.1. The van der Waals surface area contributed by atoms with E-state index in [4.69, 9.17) is 0 Å². The number of unbranched alkanes of at least 4 members (excludes halogenated alkanes) is 40. The molecule has 3 unspecified atom stereocenters. The highest BCUT2D eigenvalue weighted by Gasteiger charge is 2.26. The second kappa shape index (κ2) is 52.5. The number of aliphatic hydroxyl groups excluding tert-OH is 3. The van der Waals surface area contributed by atoms with Gasteiger partial charge in [-0.05, 0) is 44.9 Å². The second-order valence-electron chi connectivity index (χ2n) is 19.5. The summed E-state index contributed by atoms with van der Waals surface area (Å²) in [6, 6.07) is -0.809. The zero-order valence-electron chi connectivity index (χ0n) is 42.0. The predicted octanol–water partition coefficient (Wildman–Crippen LogP) is 17.3. The van der Waals surface area contributed by atoms with Gasteiger partial charge in [0.05, 0.1) is 18.8 Å². The smallest absolute Gasteiger partial charge is 0.220 e. The Morgan fingerprint density at radius 1 is 0.403 bits per heavy atom. The summed E-state index contributed by atoms with van der Waals surface area (Å²) in [6.45, 7) is 4.21. The minimum Gasteiger partial charge on any atom is -0.394 e. The Bertz CT molecular complexity index is 920. The maximum absolute atomic E-state index is 12.5.